The fraction of sp³-hybridized carbons (Fsp3) is 0.625. The molecule has 0 radical (unpaired) electrons. The summed E-state index contributed by atoms with van der Waals surface area (Å²) in [5, 5.41) is 0. The molecule has 0 heterocycles. The number of hydrogen-bond acceptors (Lipinski definition) is 2. The van der Waals surface area contributed by atoms with E-state index in [1.54, 1.807) is 0 Å². The average molecular weight is 326 g/mol. The lowest BCUT2D eigenvalue weighted by atomic mass is 9.85. The number of nitrogens with two attached hydrogens (primary N) is 1. The van der Waals surface area contributed by atoms with Gasteiger partial charge in [0.15, 0.2) is 0 Å². The largest absolute Gasteiger partial charge is 0.490 e. The summed E-state index contributed by atoms with van der Waals surface area (Å²) in [6.45, 7) is 4.28. The third kappa shape index (κ3) is 3.96. The van der Waals surface area contributed by atoms with Gasteiger partial charge in [0.2, 0.25) is 0 Å². The van der Waals surface area contributed by atoms with Crippen molar-refractivity contribution in [3.8, 4) is 5.75 Å². The molecule has 2 rings (SSSR count). The molecule has 19 heavy (non-hydrogen) atoms. The second-order valence-electron chi connectivity index (χ2n) is 5.65. The standard InChI is InChI=1S/C16H24BrNO/c1-3-12-5-4-6-14(9-12)19-16-8-7-13(17)10-15(16)11(2)18/h7-8,10-12,14H,3-6,9,18H2,1-2H3/t11-,12?,14?/m1/s1. The number of rotatable bonds is 4. The van der Waals surface area contributed by atoms with Crippen molar-refractivity contribution < 1.29 is 4.74 Å². The van der Waals surface area contributed by atoms with E-state index >= 15 is 0 Å². The molecule has 1 saturated carbocycles. The number of hydrogen-bond donors (Lipinski definition) is 1. The highest BCUT2D eigenvalue weighted by Crippen LogP contribution is 2.33. The SMILES string of the molecule is CCC1CCCC(Oc2ccc(Br)cc2[C@@H](C)N)C1. The van der Waals surface area contributed by atoms with Crippen LogP contribution in [0.1, 0.15) is 57.6 Å². The van der Waals surface area contributed by atoms with Crippen LogP contribution in [-0.4, -0.2) is 6.10 Å². The van der Waals surface area contributed by atoms with Crippen molar-refractivity contribution >= 4 is 15.9 Å². The molecule has 1 fully saturated rings. The minimum atomic E-state index is -0.00179. The van der Waals surface area contributed by atoms with E-state index in [0.29, 0.717) is 6.10 Å². The summed E-state index contributed by atoms with van der Waals surface area (Å²) in [4.78, 5) is 0. The smallest absolute Gasteiger partial charge is 0.124 e. The monoisotopic (exact) mass is 325 g/mol. The normalized spacial score (nSPS) is 25.1. The van der Waals surface area contributed by atoms with Crippen LogP contribution in [0.5, 0.6) is 5.75 Å². The van der Waals surface area contributed by atoms with Gasteiger partial charge in [-0.2, -0.15) is 0 Å². The van der Waals surface area contributed by atoms with Gasteiger partial charge in [0.25, 0.3) is 0 Å². The zero-order chi connectivity index (χ0) is 13.8. The molecule has 3 heteroatoms. The lowest BCUT2D eigenvalue weighted by Crippen LogP contribution is -2.26. The van der Waals surface area contributed by atoms with E-state index < -0.39 is 0 Å². The molecular formula is C16H24BrNO. The third-order valence-electron chi connectivity index (χ3n) is 4.07. The number of benzene rings is 1. The van der Waals surface area contributed by atoms with E-state index in [-0.39, 0.29) is 6.04 Å². The van der Waals surface area contributed by atoms with Gasteiger partial charge >= 0.3 is 0 Å². The van der Waals surface area contributed by atoms with E-state index in [1.165, 1.54) is 32.1 Å². The predicted octanol–water partition coefficient (Wildman–Crippen LogP) is 4.82. The fourth-order valence-electron chi connectivity index (χ4n) is 2.88. The topological polar surface area (TPSA) is 35.2 Å². The van der Waals surface area contributed by atoms with E-state index in [0.717, 1.165) is 21.7 Å². The number of ether oxygens (including phenoxy) is 1. The van der Waals surface area contributed by atoms with E-state index in [9.17, 15) is 0 Å². The third-order valence-corrected chi connectivity index (χ3v) is 4.56. The Labute approximate surface area is 124 Å². The zero-order valence-corrected chi connectivity index (χ0v) is 13.4. The Kier molecular flexibility index (Phi) is 5.28. The van der Waals surface area contributed by atoms with Crippen molar-refractivity contribution in [2.45, 2.75) is 58.1 Å². The first-order valence-corrected chi connectivity index (χ1v) is 8.11. The van der Waals surface area contributed by atoms with Gasteiger partial charge in [-0.1, -0.05) is 35.7 Å². The van der Waals surface area contributed by atoms with Gasteiger partial charge in [-0.25, -0.2) is 0 Å². The Morgan fingerprint density at radius 2 is 2.21 bits per heavy atom. The molecule has 0 amide bonds. The van der Waals surface area contributed by atoms with Crippen molar-refractivity contribution in [1.82, 2.24) is 0 Å². The molecule has 0 bridgehead atoms. The van der Waals surface area contributed by atoms with Crippen LogP contribution in [0.4, 0.5) is 0 Å². The van der Waals surface area contributed by atoms with Crippen molar-refractivity contribution in [3.05, 3.63) is 28.2 Å². The molecule has 0 saturated heterocycles. The summed E-state index contributed by atoms with van der Waals surface area (Å²) in [5.41, 5.74) is 7.13. The summed E-state index contributed by atoms with van der Waals surface area (Å²) in [5.74, 6) is 1.79. The van der Waals surface area contributed by atoms with Gasteiger partial charge in [-0.3, -0.25) is 0 Å². The van der Waals surface area contributed by atoms with Crippen LogP contribution in [0.2, 0.25) is 0 Å². The molecule has 2 unspecified atom stereocenters. The molecule has 1 aromatic rings. The molecule has 2 N–H and O–H groups in total. The maximum Gasteiger partial charge on any atom is 0.124 e. The van der Waals surface area contributed by atoms with E-state index in [2.05, 4.69) is 28.9 Å². The summed E-state index contributed by atoms with van der Waals surface area (Å²) < 4.78 is 7.29. The average Bonchev–Trinajstić information content (AvgIpc) is 2.41. The fourth-order valence-corrected chi connectivity index (χ4v) is 3.26. The molecule has 0 spiro atoms. The van der Waals surface area contributed by atoms with Crippen LogP contribution >= 0.6 is 15.9 Å². The van der Waals surface area contributed by atoms with Crippen LogP contribution in [-0.2, 0) is 0 Å². The quantitative estimate of drug-likeness (QED) is 0.861. The maximum absolute atomic E-state index is 6.23. The van der Waals surface area contributed by atoms with Gasteiger partial charge in [0.1, 0.15) is 5.75 Å². The molecule has 0 aromatic heterocycles. The van der Waals surface area contributed by atoms with E-state index in [4.69, 9.17) is 10.5 Å². The van der Waals surface area contributed by atoms with Gasteiger partial charge < -0.3 is 10.5 Å². The molecule has 0 aliphatic heterocycles. The van der Waals surface area contributed by atoms with Gasteiger partial charge in [0, 0.05) is 16.1 Å². The van der Waals surface area contributed by atoms with Gasteiger partial charge in [-0.15, -0.1) is 0 Å². The van der Waals surface area contributed by atoms with Crippen molar-refractivity contribution in [3.63, 3.8) is 0 Å². The van der Waals surface area contributed by atoms with Crippen LogP contribution in [0.25, 0.3) is 0 Å². The van der Waals surface area contributed by atoms with Crippen LogP contribution in [0, 0.1) is 5.92 Å². The first-order valence-electron chi connectivity index (χ1n) is 7.31. The highest BCUT2D eigenvalue weighted by Gasteiger charge is 2.23. The summed E-state index contributed by atoms with van der Waals surface area (Å²) >= 11 is 3.50. The maximum atomic E-state index is 6.23. The summed E-state index contributed by atoms with van der Waals surface area (Å²) in [7, 11) is 0. The van der Waals surface area contributed by atoms with Gasteiger partial charge in [-0.05, 0) is 50.3 Å². The molecule has 1 aromatic carbocycles. The highest BCUT2D eigenvalue weighted by atomic mass is 79.9. The van der Waals surface area contributed by atoms with Gasteiger partial charge in [0.05, 0.1) is 6.10 Å². The summed E-state index contributed by atoms with van der Waals surface area (Å²) in [6, 6.07) is 6.14. The molecule has 1 aliphatic carbocycles. The second-order valence-corrected chi connectivity index (χ2v) is 6.57. The van der Waals surface area contributed by atoms with Crippen LogP contribution in [0.3, 0.4) is 0 Å². The Morgan fingerprint density at radius 1 is 1.42 bits per heavy atom. The second kappa shape index (κ2) is 6.76. The lowest BCUT2D eigenvalue weighted by Gasteiger charge is -2.30. The van der Waals surface area contributed by atoms with Crippen molar-refractivity contribution in [1.29, 1.82) is 0 Å². The minimum absolute atomic E-state index is 0.00179. The van der Waals surface area contributed by atoms with Crippen LogP contribution in [0.15, 0.2) is 22.7 Å². The molecule has 2 nitrogen and oxygen atoms in total. The molecule has 3 atom stereocenters. The first kappa shape index (κ1) is 14.9. The number of halogens is 1. The van der Waals surface area contributed by atoms with E-state index in [1.807, 2.05) is 19.1 Å². The molecule has 1 aliphatic rings. The highest BCUT2D eigenvalue weighted by molar-refractivity contribution is 9.10. The Hall–Kier alpha value is -0.540. The lowest BCUT2D eigenvalue weighted by molar-refractivity contribution is 0.120. The Bertz CT molecular complexity index is 419. The molecule has 106 valence electrons. The van der Waals surface area contributed by atoms with Crippen molar-refractivity contribution in [2.75, 3.05) is 0 Å². The summed E-state index contributed by atoms with van der Waals surface area (Å²) in [6.07, 6.45) is 6.62. The van der Waals surface area contributed by atoms with Crippen molar-refractivity contribution in [2.24, 2.45) is 11.7 Å². The zero-order valence-electron chi connectivity index (χ0n) is 11.9. The molecular weight excluding hydrogens is 302 g/mol. The minimum Gasteiger partial charge on any atom is -0.490 e. The Morgan fingerprint density at radius 3 is 2.89 bits per heavy atom. The predicted molar refractivity (Wildman–Crippen MR) is 83.4 cm³/mol. The first-order chi connectivity index (χ1) is 9.10. The van der Waals surface area contributed by atoms with Crippen LogP contribution < -0.4 is 10.5 Å². The Balaban J connectivity index is 2.10.